The van der Waals surface area contributed by atoms with Gasteiger partial charge in [0.1, 0.15) is 24.7 Å². The highest BCUT2D eigenvalue weighted by atomic mass is 16.5. The molecule has 1 aliphatic heterocycles. The SMILES string of the molecule is CCc1cc(-c2onc(C)c2-c2ccc3c(c2)CCN(C)C3)c(OCc2ccccc2)cc1OCc1ccccc1. The first kappa shape index (κ1) is 26.9. The second-order valence-electron chi connectivity index (χ2n) is 10.8. The van der Waals surface area contributed by atoms with E-state index in [2.05, 4.69) is 72.6 Å². The van der Waals surface area contributed by atoms with Gasteiger partial charge in [0, 0.05) is 19.2 Å². The fourth-order valence-electron chi connectivity index (χ4n) is 5.53. The predicted octanol–water partition coefficient (Wildman–Crippen LogP) is 8.03. The topological polar surface area (TPSA) is 47.7 Å². The van der Waals surface area contributed by atoms with Crippen molar-refractivity contribution in [2.75, 3.05) is 13.6 Å². The van der Waals surface area contributed by atoms with E-state index in [1.165, 1.54) is 11.1 Å². The van der Waals surface area contributed by atoms with Crippen LogP contribution in [-0.2, 0) is 32.6 Å². The molecule has 0 atom stereocenters. The van der Waals surface area contributed by atoms with Gasteiger partial charge >= 0.3 is 0 Å². The largest absolute Gasteiger partial charge is 0.488 e. The minimum Gasteiger partial charge on any atom is -0.488 e. The van der Waals surface area contributed by atoms with Gasteiger partial charge in [-0.25, -0.2) is 0 Å². The van der Waals surface area contributed by atoms with Crippen LogP contribution in [0.15, 0.2) is 95.5 Å². The van der Waals surface area contributed by atoms with Gasteiger partial charge in [-0.15, -0.1) is 0 Å². The Labute approximate surface area is 242 Å². The number of fused-ring (bicyclic) bond motifs is 1. The number of nitrogens with zero attached hydrogens (tertiary/aromatic N) is 2. The summed E-state index contributed by atoms with van der Waals surface area (Å²) in [5, 5.41) is 4.44. The molecule has 0 bridgehead atoms. The van der Waals surface area contributed by atoms with Gasteiger partial charge in [-0.1, -0.05) is 90.9 Å². The fourth-order valence-corrected chi connectivity index (χ4v) is 5.53. The number of aromatic nitrogens is 1. The van der Waals surface area contributed by atoms with Crippen molar-refractivity contribution in [3.63, 3.8) is 0 Å². The molecule has 1 aromatic heterocycles. The molecule has 0 radical (unpaired) electrons. The molecule has 4 aromatic carbocycles. The van der Waals surface area contributed by atoms with E-state index < -0.39 is 0 Å². The summed E-state index contributed by atoms with van der Waals surface area (Å²) < 4.78 is 18.9. The fraction of sp³-hybridized carbons (Fsp3) is 0.250. The molecular formula is C36H36N2O3. The van der Waals surface area contributed by atoms with Crippen LogP contribution in [0.4, 0.5) is 0 Å². The maximum Gasteiger partial charge on any atom is 0.178 e. The van der Waals surface area contributed by atoms with Gasteiger partial charge in [0.25, 0.3) is 0 Å². The zero-order valence-electron chi connectivity index (χ0n) is 24.0. The molecule has 1 aliphatic rings. The molecule has 0 aliphatic carbocycles. The third-order valence-corrected chi connectivity index (χ3v) is 7.82. The van der Waals surface area contributed by atoms with Crippen LogP contribution >= 0.6 is 0 Å². The van der Waals surface area contributed by atoms with Crippen LogP contribution in [0, 0.1) is 6.92 Å². The normalized spacial score (nSPS) is 13.1. The number of hydrogen-bond donors (Lipinski definition) is 0. The predicted molar refractivity (Wildman–Crippen MR) is 163 cm³/mol. The Morgan fingerprint density at radius 2 is 1.49 bits per heavy atom. The van der Waals surface area contributed by atoms with E-state index in [4.69, 9.17) is 14.0 Å². The Morgan fingerprint density at radius 3 is 2.17 bits per heavy atom. The number of rotatable bonds is 9. The van der Waals surface area contributed by atoms with E-state index in [1.54, 1.807) is 0 Å². The number of hydrogen-bond acceptors (Lipinski definition) is 5. The molecule has 5 nitrogen and oxygen atoms in total. The number of ether oxygens (including phenoxy) is 2. The molecule has 5 aromatic rings. The lowest BCUT2D eigenvalue weighted by molar-refractivity contribution is 0.288. The van der Waals surface area contributed by atoms with Gasteiger partial charge in [0.15, 0.2) is 5.76 Å². The Balaban J connectivity index is 1.41. The summed E-state index contributed by atoms with van der Waals surface area (Å²) in [6.45, 7) is 7.12. The van der Waals surface area contributed by atoms with E-state index in [9.17, 15) is 0 Å². The lowest BCUT2D eigenvalue weighted by atomic mass is 9.92. The van der Waals surface area contributed by atoms with Crippen LogP contribution in [-0.4, -0.2) is 23.6 Å². The van der Waals surface area contributed by atoms with Crippen molar-refractivity contribution in [2.45, 2.75) is 46.4 Å². The zero-order valence-corrected chi connectivity index (χ0v) is 24.0. The van der Waals surface area contributed by atoms with Crippen molar-refractivity contribution in [1.82, 2.24) is 10.1 Å². The van der Waals surface area contributed by atoms with E-state index in [0.717, 1.165) is 76.5 Å². The van der Waals surface area contributed by atoms with Gasteiger partial charge in [-0.05, 0) is 66.3 Å². The molecule has 208 valence electrons. The zero-order chi connectivity index (χ0) is 28.2. The first-order valence-corrected chi connectivity index (χ1v) is 14.4. The Morgan fingerprint density at radius 1 is 0.805 bits per heavy atom. The molecule has 0 unspecified atom stereocenters. The quantitative estimate of drug-likeness (QED) is 0.188. The van der Waals surface area contributed by atoms with Crippen molar-refractivity contribution in [3.8, 4) is 33.9 Å². The number of benzene rings is 4. The minimum absolute atomic E-state index is 0.437. The average molecular weight is 545 g/mol. The summed E-state index contributed by atoms with van der Waals surface area (Å²) in [7, 11) is 2.18. The van der Waals surface area contributed by atoms with Gasteiger partial charge in [0.05, 0.1) is 16.8 Å². The molecule has 6 rings (SSSR count). The van der Waals surface area contributed by atoms with Gasteiger partial charge < -0.3 is 18.9 Å². The number of aryl methyl sites for hydroxylation is 2. The molecular weight excluding hydrogens is 508 g/mol. The van der Waals surface area contributed by atoms with Crippen molar-refractivity contribution in [2.24, 2.45) is 0 Å². The second kappa shape index (κ2) is 12.0. The van der Waals surface area contributed by atoms with Crippen LogP contribution in [0.3, 0.4) is 0 Å². The van der Waals surface area contributed by atoms with Gasteiger partial charge in [0.2, 0.25) is 0 Å². The first-order valence-electron chi connectivity index (χ1n) is 14.4. The minimum atomic E-state index is 0.437. The monoisotopic (exact) mass is 544 g/mol. The maximum absolute atomic E-state index is 6.50. The Hall–Kier alpha value is -4.35. The van der Waals surface area contributed by atoms with Crippen molar-refractivity contribution in [3.05, 3.63) is 125 Å². The Kier molecular flexibility index (Phi) is 7.88. The van der Waals surface area contributed by atoms with Gasteiger partial charge in [-0.2, -0.15) is 0 Å². The molecule has 0 N–H and O–H groups in total. The standard InChI is InChI=1S/C36H36N2O3/c1-4-28-20-32(36-35(25(2)37-41-36)30-15-16-31-22-38(3)18-17-29(31)19-30)34(40-24-27-13-9-6-10-14-27)21-33(28)39-23-26-11-7-5-8-12-26/h5-16,19-21H,4,17-18,22-24H2,1-3H3. The number of likely N-dealkylation sites (N-methyl/N-ethyl adjacent to an activating group) is 1. The van der Waals surface area contributed by atoms with Crippen molar-refractivity contribution >= 4 is 0 Å². The molecule has 2 heterocycles. The van der Waals surface area contributed by atoms with E-state index >= 15 is 0 Å². The van der Waals surface area contributed by atoms with E-state index in [0.29, 0.717) is 19.0 Å². The summed E-state index contributed by atoms with van der Waals surface area (Å²) in [4.78, 5) is 2.36. The second-order valence-corrected chi connectivity index (χ2v) is 10.8. The van der Waals surface area contributed by atoms with Crippen molar-refractivity contribution < 1.29 is 14.0 Å². The molecule has 5 heteroatoms. The summed E-state index contributed by atoms with van der Waals surface area (Å²) in [6.07, 6.45) is 1.85. The Bertz CT molecular complexity index is 1630. The highest BCUT2D eigenvalue weighted by Gasteiger charge is 2.24. The molecule has 0 saturated carbocycles. The highest BCUT2D eigenvalue weighted by Crippen LogP contribution is 2.43. The molecule has 41 heavy (non-hydrogen) atoms. The molecule has 0 amide bonds. The van der Waals surface area contributed by atoms with Crippen LogP contribution in [0.1, 0.15) is 40.4 Å². The third kappa shape index (κ3) is 5.91. The van der Waals surface area contributed by atoms with Crippen LogP contribution in [0.5, 0.6) is 11.5 Å². The highest BCUT2D eigenvalue weighted by molar-refractivity contribution is 5.85. The molecule has 0 fully saturated rings. The van der Waals surface area contributed by atoms with E-state index in [1.807, 2.05) is 49.4 Å². The summed E-state index contributed by atoms with van der Waals surface area (Å²) >= 11 is 0. The van der Waals surface area contributed by atoms with Crippen LogP contribution < -0.4 is 9.47 Å². The van der Waals surface area contributed by atoms with E-state index in [-0.39, 0.29) is 0 Å². The molecule has 0 saturated heterocycles. The third-order valence-electron chi connectivity index (χ3n) is 7.82. The lowest BCUT2D eigenvalue weighted by Crippen LogP contribution is -2.26. The first-order chi connectivity index (χ1) is 20.1. The van der Waals surface area contributed by atoms with Crippen molar-refractivity contribution in [1.29, 1.82) is 0 Å². The van der Waals surface area contributed by atoms with Gasteiger partial charge in [-0.3, -0.25) is 0 Å². The smallest absolute Gasteiger partial charge is 0.178 e. The summed E-state index contributed by atoms with van der Waals surface area (Å²) in [5.41, 5.74) is 9.98. The molecule has 0 spiro atoms. The van der Waals surface area contributed by atoms with Crippen LogP contribution in [0.25, 0.3) is 22.5 Å². The summed E-state index contributed by atoms with van der Waals surface area (Å²) in [6, 6.07) is 31.4. The lowest BCUT2D eigenvalue weighted by Gasteiger charge is -2.25. The average Bonchev–Trinajstić information content (AvgIpc) is 3.40. The summed E-state index contributed by atoms with van der Waals surface area (Å²) in [5.74, 6) is 2.26. The maximum atomic E-state index is 6.50. The van der Waals surface area contributed by atoms with Crippen LogP contribution in [0.2, 0.25) is 0 Å².